The molecule has 0 aromatic heterocycles. The number of unbranched alkanes of at least 4 members (excludes halogenated alkanes) is 1. The van der Waals surface area contributed by atoms with Crippen LogP contribution in [-0.4, -0.2) is 92.7 Å². The van der Waals surface area contributed by atoms with Gasteiger partial charge in [0.25, 0.3) is 0 Å². The Morgan fingerprint density at radius 3 is 2.23 bits per heavy atom. The van der Waals surface area contributed by atoms with Crippen molar-refractivity contribution in [3.05, 3.63) is 35.9 Å². The highest BCUT2D eigenvalue weighted by Crippen LogP contribution is 2.20. The van der Waals surface area contributed by atoms with Crippen molar-refractivity contribution >= 4 is 5.96 Å². The molecule has 0 spiro atoms. The number of hydrogen-bond donors (Lipinski definition) is 2. The van der Waals surface area contributed by atoms with Gasteiger partial charge in [-0.2, -0.15) is 0 Å². The van der Waals surface area contributed by atoms with E-state index in [0.29, 0.717) is 6.04 Å². The maximum Gasteiger partial charge on any atom is 0.191 e. The Kier molecular flexibility index (Phi) is 12.6. The van der Waals surface area contributed by atoms with Gasteiger partial charge in [0, 0.05) is 39.3 Å². The van der Waals surface area contributed by atoms with E-state index < -0.39 is 0 Å². The van der Waals surface area contributed by atoms with Gasteiger partial charge in [-0.15, -0.1) is 0 Å². The Labute approximate surface area is 191 Å². The first-order chi connectivity index (χ1) is 15.2. The largest absolute Gasteiger partial charge is 0.357 e. The van der Waals surface area contributed by atoms with E-state index in [4.69, 9.17) is 4.99 Å². The van der Waals surface area contributed by atoms with Crippen molar-refractivity contribution in [3.63, 3.8) is 0 Å². The van der Waals surface area contributed by atoms with Gasteiger partial charge in [-0.1, -0.05) is 51.1 Å². The maximum atomic E-state index is 4.95. The summed E-state index contributed by atoms with van der Waals surface area (Å²) < 4.78 is 0. The van der Waals surface area contributed by atoms with Gasteiger partial charge in [-0.25, -0.2) is 0 Å². The fraction of sp³-hybridized carbons (Fsp3) is 0.720. The first kappa shape index (κ1) is 25.6. The van der Waals surface area contributed by atoms with Crippen molar-refractivity contribution in [1.29, 1.82) is 0 Å². The number of guanidine groups is 1. The lowest BCUT2D eigenvalue weighted by atomic mass is 10.1. The van der Waals surface area contributed by atoms with Crippen LogP contribution in [0, 0.1) is 0 Å². The van der Waals surface area contributed by atoms with Crippen LogP contribution in [-0.2, 0) is 0 Å². The molecule has 1 aliphatic heterocycles. The van der Waals surface area contributed by atoms with Gasteiger partial charge in [0.2, 0.25) is 0 Å². The van der Waals surface area contributed by atoms with Crippen molar-refractivity contribution in [1.82, 2.24) is 25.3 Å². The van der Waals surface area contributed by atoms with Crippen LogP contribution in [0.4, 0.5) is 0 Å². The quantitative estimate of drug-likeness (QED) is 0.286. The summed E-state index contributed by atoms with van der Waals surface area (Å²) in [4.78, 5) is 12.6. The number of benzene rings is 1. The highest BCUT2D eigenvalue weighted by atomic mass is 15.3. The van der Waals surface area contributed by atoms with Gasteiger partial charge in [-0.3, -0.25) is 9.89 Å². The number of piperazine rings is 1. The molecule has 1 fully saturated rings. The van der Waals surface area contributed by atoms with Crippen LogP contribution in [0.2, 0.25) is 0 Å². The van der Waals surface area contributed by atoms with Gasteiger partial charge in [-0.05, 0) is 51.5 Å². The van der Waals surface area contributed by atoms with E-state index >= 15 is 0 Å². The highest BCUT2D eigenvalue weighted by Gasteiger charge is 2.18. The second-order valence-electron chi connectivity index (χ2n) is 8.28. The zero-order chi connectivity index (χ0) is 22.3. The lowest BCUT2D eigenvalue weighted by molar-refractivity contribution is 0.136. The van der Waals surface area contributed by atoms with E-state index in [-0.39, 0.29) is 0 Å². The van der Waals surface area contributed by atoms with Gasteiger partial charge < -0.3 is 20.4 Å². The highest BCUT2D eigenvalue weighted by molar-refractivity contribution is 5.79. The molecule has 0 radical (unpaired) electrons. The van der Waals surface area contributed by atoms with Crippen molar-refractivity contribution < 1.29 is 0 Å². The molecule has 2 N–H and O–H groups in total. The predicted octanol–water partition coefficient (Wildman–Crippen LogP) is 3.04. The average Bonchev–Trinajstić information content (AvgIpc) is 2.82. The summed E-state index contributed by atoms with van der Waals surface area (Å²) in [5.74, 6) is 0.937. The molecular formula is C25H46N6. The number of rotatable bonds is 13. The van der Waals surface area contributed by atoms with Crippen molar-refractivity contribution in [2.24, 2.45) is 4.99 Å². The molecule has 176 valence electrons. The van der Waals surface area contributed by atoms with E-state index in [0.717, 1.165) is 38.7 Å². The molecule has 6 nitrogen and oxygen atoms in total. The van der Waals surface area contributed by atoms with Crippen LogP contribution in [0.25, 0.3) is 0 Å². The number of aliphatic imine (C=N–C) groups is 1. The van der Waals surface area contributed by atoms with Gasteiger partial charge in [0.15, 0.2) is 5.96 Å². The van der Waals surface area contributed by atoms with E-state index in [1.54, 1.807) is 0 Å². The molecule has 0 amide bonds. The van der Waals surface area contributed by atoms with Crippen LogP contribution in [0.1, 0.15) is 52.1 Å². The molecule has 1 atom stereocenters. The Morgan fingerprint density at radius 2 is 1.61 bits per heavy atom. The number of nitrogens with one attached hydrogen (secondary N) is 2. The fourth-order valence-corrected chi connectivity index (χ4v) is 4.29. The Hall–Kier alpha value is -1.63. The van der Waals surface area contributed by atoms with Gasteiger partial charge >= 0.3 is 0 Å². The summed E-state index contributed by atoms with van der Waals surface area (Å²) in [7, 11) is 0. The fourth-order valence-electron chi connectivity index (χ4n) is 4.29. The minimum absolute atomic E-state index is 0.313. The summed E-state index contributed by atoms with van der Waals surface area (Å²) in [6.07, 6.45) is 2.42. The Morgan fingerprint density at radius 1 is 0.935 bits per heavy atom. The first-order valence-corrected chi connectivity index (χ1v) is 12.5. The SMILES string of the molecule is CCNC(=NCC(c1ccccc1)N(CC)CC)NCCCCN1CCN(CC)CC1. The van der Waals surface area contributed by atoms with Crippen molar-refractivity contribution in [2.45, 2.75) is 46.6 Å². The third-order valence-corrected chi connectivity index (χ3v) is 6.31. The molecule has 6 heteroatoms. The van der Waals surface area contributed by atoms with E-state index in [2.05, 4.69) is 83.4 Å². The lowest BCUT2D eigenvalue weighted by Crippen LogP contribution is -2.46. The zero-order valence-corrected chi connectivity index (χ0v) is 20.4. The zero-order valence-electron chi connectivity index (χ0n) is 20.4. The summed E-state index contributed by atoms with van der Waals surface area (Å²) in [6, 6.07) is 11.1. The molecule has 1 saturated heterocycles. The molecule has 0 aliphatic carbocycles. The third-order valence-electron chi connectivity index (χ3n) is 6.31. The third kappa shape index (κ3) is 9.17. The second kappa shape index (κ2) is 15.2. The van der Waals surface area contributed by atoms with Crippen LogP contribution < -0.4 is 10.6 Å². The van der Waals surface area contributed by atoms with E-state index in [1.165, 1.54) is 57.7 Å². The van der Waals surface area contributed by atoms with Crippen LogP contribution in [0.5, 0.6) is 0 Å². The molecule has 1 unspecified atom stereocenters. The number of likely N-dealkylation sites (N-methyl/N-ethyl adjacent to an activating group) is 2. The van der Waals surface area contributed by atoms with E-state index in [1.807, 2.05) is 0 Å². The average molecular weight is 431 g/mol. The normalized spacial score (nSPS) is 17.1. The monoisotopic (exact) mass is 430 g/mol. The van der Waals surface area contributed by atoms with Gasteiger partial charge in [0.1, 0.15) is 0 Å². The molecule has 1 aromatic rings. The lowest BCUT2D eigenvalue weighted by Gasteiger charge is -2.34. The standard InChI is InChI=1S/C25H46N6/c1-5-26-25(27-16-12-13-17-30-20-18-29(6-2)19-21-30)28-22-24(31(7-3)8-4)23-14-10-9-11-15-23/h9-11,14-15,24H,5-8,12-13,16-22H2,1-4H3,(H2,26,27,28). The molecule has 0 bridgehead atoms. The molecule has 1 heterocycles. The van der Waals surface area contributed by atoms with Gasteiger partial charge in [0.05, 0.1) is 12.6 Å². The summed E-state index contributed by atoms with van der Waals surface area (Å²) in [5, 5.41) is 6.97. The van der Waals surface area contributed by atoms with Crippen LogP contribution in [0.3, 0.4) is 0 Å². The predicted molar refractivity (Wildman–Crippen MR) is 134 cm³/mol. The number of hydrogen-bond acceptors (Lipinski definition) is 4. The van der Waals surface area contributed by atoms with Crippen molar-refractivity contribution in [3.8, 4) is 0 Å². The summed E-state index contributed by atoms with van der Waals surface area (Å²) in [6.45, 7) is 20.8. The summed E-state index contributed by atoms with van der Waals surface area (Å²) >= 11 is 0. The maximum absolute atomic E-state index is 4.95. The molecule has 0 saturated carbocycles. The molecule has 1 aliphatic rings. The van der Waals surface area contributed by atoms with Crippen molar-refractivity contribution in [2.75, 3.05) is 72.0 Å². The minimum Gasteiger partial charge on any atom is -0.357 e. The Bertz CT molecular complexity index is 593. The minimum atomic E-state index is 0.313. The molecular weight excluding hydrogens is 384 g/mol. The Balaban J connectivity index is 1.80. The summed E-state index contributed by atoms with van der Waals surface area (Å²) in [5.41, 5.74) is 1.34. The van der Waals surface area contributed by atoms with Crippen LogP contribution >= 0.6 is 0 Å². The molecule has 2 rings (SSSR count). The molecule has 1 aromatic carbocycles. The topological polar surface area (TPSA) is 46.1 Å². The molecule has 31 heavy (non-hydrogen) atoms. The number of nitrogens with zero attached hydrogens (tertiary/aromatic N) is 4. The van der Waals surface area contributed by atoms with Crippen LogP contribution in [0.15, 0.2) is 35.3 Å². The smallest absolute Gasteiger partial charge is 0.191 e. The second-order valence-corrected chi connectivity index (χ2v) is 8.28. The first-order valence-electron chi connectivity index (χ1n) is 12.5. The van der Waals surface area contributed by atoms with E-state index in [9.17, 15) is 0 Å².